The van der Waals surface area contributed by atoms with Gasteiger partial charge in [-0.05, 0) is 32.0 Å². The van der Waals surface area contributed by atoms with Crippen molar-refractivity contribution in [3.8, 4) is 0 Å². The van der Waals surface area contributed by atoms with Gasteiger partial charge in [-0.2, -0.15) is 0 Å². The van der Waals surface area contributed by atoms with Crippen molar-refractivity contribution >= 4 is 18.2 Å². The molecule has 0 saturated carbocycles. The number of esters is 1. The number of ether oxygens (including phenoxy) is 1. The van der Waals surface area contributed by atoms with Crippen molar-refractivity contribution < 1.29 is 9.53 Å². The van der Waals surface area contributed by atoms with E-state index in [0.29, 0.717) is 13.0 Å². The maximum Gasteiger partial charge on any atom is 0.305 e. The summed E-state index contributed by atoms with van der Waals surface area (Å²) in [7, 11) is 0. The van der Waals surface area contributed by atoms with Crippen LogP contribution in [0, 0.1) is 4.77 Å². The van der Waals surface area contributed by atoms with E-state index < -0.39 is 0 Å². The zero-order valence-corrected chi connectivity index (χ0v) is 10.6. The number of aromatic nitrogens is 2. The van der Waals surface area contributed by atoms with Crippen LogP contribution in [0.25, 0.3) is 0 Å². The van der Waals surface area contributed by atoms with Gasteiger partial charge in [-0.25, -0.2) is 0 Å². The lowest BCUT2D eigenvalue weighted by Gasteiger charge is -2.06. The van der Waals surface area contributed by atoms with Crippen molar-refractivity contribution in [2.24, 2.45) is 0 Å². The fraction of sp³-hybridized carbons (Fsp3) is 0.636. The Bertz CT molecular complexity index is 395. The van der Waals surface area contributed by atoms with Gasteiger partial charge >= 0.3 is 5.97 Å². The number of carbonyl (C=O) groups is 1. The Morgan fingerprint density at radius 1 is 1.56 bits per heavy atom. The monoisotopic (exact) mass is 242 g/mol. The first-order valence-electron chi connectivity index (χ1n) is 5.61. The molecule has 4 nitrogen and oxygen atoms in total. The lowest BCUT2D eigenvalue weighted by molar-refractivity contribution is -0.143. The summed E-state index contributed by atoms with van der Waals surface area (Å²) >= 11 is 5.16. The molecular formula is C11H18N2O2S. The van der Waals surface area contributed by atoms with E-state index in [9.17, 15) is 4.79 Å². The predicted octanol–water partition coefficient (Wildman–Crippen LogP) is 2.45. The van der Waals surface area contributed by atoms with Crippen LogP contribution in [-0.2, 0) is 22.5 Å². The molecule has 0 unspecified atom stereocenters. The molecule has 0 bridgehead atoms. The Kier molecular flexibility index (Phi) is 5.25. The van der Waals surface area contributed by atoms with Crippen LogP contribution in [0.4, 0.5) is 0 Å². The third-order valence-electron chi connectivity index (χ3n) is 2.38. The van der Waals surface area contributed by atoms with Crippen LogP contribution in [0.1, 0.15) is 32.4 Å². The molecule has 0 fully saturated rings. The van der Waals surface area contributed by atoms with Gasteiger partial charge in [0.25, 0.3) is 0 Å². The number of rotatable bonds is 6. The van der Waals surface area contributed by atoms with Gasteiger partial charge in [-0.3, -0.25) is 4.79 Å². The second-order valence-corrected chi connectivity index (χ2v) is 3.89. The third-order valence-corrected chi connectivity index (χ3v) is 2.72. The quantitative estimate of drug-likeness (QED) is 0.615. The smallest absolute Gasteiger partial charge is 0.305 e. The molecule has 1 rings (SSSR count). The molecule has 90 valence electrons. The third kappa shape index (κ3) is 3.48. The van der Waals surface area contributed by atoms with E-state index >= 15 is 0 Å². The summed E-state index contributed by atoms with van der Waals surface area (Å²) in [5, 5.41) is 0. The van der Waals surface area contributed by atoms with E-state index in [1.807, 2.05) is 17.7 Å². The number of H-pyrrole nitrogens is 1. The molecule has 16 heavy (non-hydrogen) atoms. The Balaban J connectivity index is 2.45. The minimum Gasteiger partial charge on any atom is -0.466 e. The summed E-state index contributed by atoms with van der Waals surface area (Å²) in [6, 6.07) is 0. The highest BCUT2D eigenvalue weighted by molar-refractivity contribution is 7.71. The summed E-state index contributed by atoms with van der Waals surface area (Å²) < 4.78 is 7.63. The molecule has 0 aromatic carbocycles. The lowest BCUT2D eigenvalue weighted by Crippen LogP contribution is -2.08. The van der Waals surface area contributed by atoms with Crippen LogP contribution in [-0.4, -0.2) is 22.1 Å². The van der Waals surface area contributed by atoms with Crippen molar-refractivity contribution in [1.82, 2.24) is 9.55 Å². The molecule has 1 heterocycles. The van der Waals surface area contributed by atoms with Gasteiger partial charge in [0.2, 0.25) is 0 Å². The Morgan fingerprint density at radius 3 is 2.94 bits per heavy atom. The average molecular weight is 242 g/mol. The van der Waals surface area contributed by atoms with E-state index in [1.54, 1.807) is 0 Å². The van der Waals surface area contributed by atoms with Crippen molar-refractivity contribution in [1.29, 1.82) is 0 Å². The standard InChI is InChI=1S/C11H18N2O2S/c1-3-9-8-12-11(16)13(9)7-5-6-10(14)15-4-2/h8H,3-7H2,1-2H3,(H,12,16). The Morgan fingerprint density at radius 2 is 2.31 bits per heavy atom. The van der Waals surface area contributed by atoms with Gasteiger partial charge in [0.15, 0.2) is 4.77 Å². The summed E-state index contributed by atoms with van der Waals surface area (Å²) in [5.74, 6) is -0.136. The first kappa shape index (κ1) is 13.0. The van der Waals surface area contributed by atoms with E-state index in [-0.39, 0.29) is 5.97 Å². The fourth-order valence-electron chi connectivity index (χ4n) is 1.58. The highest BCUT2D eigenvalue weighted by Gasteiger charge is 2.04. The van der Waals surface area contributed by atoms with Gasteiger partial charge < -0.3 is 14.3 Å². The van der Waals surface area contributed by atoms with Gasteiger partial charge in [0, 0.05) is 24.9 Å². The molecule has 0 aliphatic rings. The number of carbonyl (C=O) groups excluding carboxylic acids is 1. The first-order valence-corrected chi connectivity index (χ1v) is 6.02. The number of hydrogen-bond donors (Lipinski definition) is 1. The maximum absolute atomic E-state index is 11.1. The van der Waals surface area contributed by atoms with E-state index in [1.165, 1.54) is 5.69 Å². The fourth-order valence-corrected chi connectivity index (χ4v) is 1.85. The molecule has 1 aromatic rings. The topological polar surface area (TPSA) is 47.0 Å². The zero-order valence-electron chi connectivity index (χ0n) is 9.78. The zero-order chi connectivity index (χ0) is 12.0. The molecule has 0 spiro atoms. The average Bonchev–Trinajstić information content (AvgIpc) is 2.60. The molecular weight excluding hydrogens is 224 g/mol. The largest absolute Gasteiger partial charge is 0.466 e. The number of nitrogens with one attached hydrogen (secondary N) is 1. The second kappa shape index (κ2) is 6.48. The number of aromatic amines is 1. The van der Waals surface area contributed by atoms with E-state index in [2.05, 4.69) is 11.9 Å². The number of aryl methyl sites for hydroxylation is 1. The van der Waals surface area contributed by atoms with Gasteiger partial charge in [-0.15, -0.1) is 0 Å². The minimum absolute atomic E-state index is 0.136. The van der Waals surface area contributed by atoms with Crippen molar-refractivity contribution in [2.45, 2.75) is 39.7 Å². The molecule has 1 aromatic heterocycles. The van der Waals surface area contributed by atoms with E-state index in [0.717, 1.165) is 24.2 Å². The van der Waals surface area contributed by atoms with Gasteiger partial charge in [-0.1, -0.05) is 6.92 Å². The number of hydrogen-bond acceptors (Lipinski definition) is 3. The highest BCUT2D eigenvalue weighted by atomic mass is 32.1. The van der Waals surface area contributed by atoms with Gasteiger partial charge in [0.1, 0.15) is 0 Å². The molecule has 0 atom stereocenters. The van der Waals surface area contributed by atoms with Crippen LogP contribution in [0.15, 0.2) is 6.20 Å². The number of nitrogens with zero attached hydrogens (tertiary/aromatic N) is 1. The minimum atomic E-state index is -0.136. The highest BCUT2D eigenvalue weighted by Crippen LogP contribution is 2.05. The second-order valence-electron chi connectivity index (χ2n) is 3.50. The molecule has 0 aliphatic carbocycles. The van der Waals surface area contributed by atoms with Crippen molar-refractivity contribution in [3.05, 3.63) is 16.7 Å². The van der Waals surface area contributed by atoms with Crippen LogP contribution in [0.3, 0.4) is 0 Å². The first-order chi connectivity index (χ1) is 7.69. The molecule has 0 radical (unpaired) electrons. The SMILES string of the molecule is CCOC(=O)CCCn1c(CC)c[nH]c1=S. The number of imidazole rings is 1. The van der Waals surface area contributed by atoms with Crippen molar-refractivity contribution in [2.75, 3.05) is 6.61 Å². The Labute approximate surface area is 101 Å². The summed E-state index contributed by atoms with van der Waals surface area (Å²) in [5.41, 5.74) is 1.17. The summed E-state index contributed by atoms with van der Waals surface area (Å²) in [6.45, 7) is 5.11. The maximum atomic E-state index is 11.1. The summed E-state index contributed by atoms with van der Waals surface area (Å²) in [6.07, 6.45) is 4.07. The molecule has 1 N–H and O–H groups in total. The van der Waals surface area contributed by atoms with Crippen LogP contribution < -0.4 is 0 Å². The van der Waals surface area contributed by atoms with Crippen LogP contribution in [0.2, 0.25) is 0 Å². The van der Waals surface area contributed by atoms with Crippen LogP contribution >= 0.6 is 12.2 Å². The molecule has 0 amide bonds. The Hall–Kier alpha value is -1.10. The lowest BCUT2D eigenvalue weighted by atomic mass is 10.3. The normalized spacial score (nSPS) is 10.4. The van der Waals surface area contributed by atoms with Crippen LogP contribution in [0.5, 0.6) is 0 Å². The summed E-state index contributed by atoms with van der Waals surface area (Å²) in [4.78, 5) is 14.2. The van der Waals surface area contributed by atoms with Gasteiger partial charge in [0.05, 0.1) is 6.61 Å². The molecule has 0 aliphatic heterocycles. The predicted molar refractivity (Wildman–Crippen MR) is 64.9 cm³/mol. The molecule has 0 saturated heterocycles. The van der Waals surface area contributed by atoms with E-state index in [4.69, 9.17) is 17.0 Å². The molecule has 5 heteroatoms. The van der Waals surface area contributed by atoms with Crippen molar-refractivity contribution in [3.63, 3.8) is 0 Å².